The van der Waals surface area contributed by atoms with E-state index in [0.717, 1.165) is 22.5 Å². The number of benzene rings is 2. The van der Waals surface area contributed by atoms with Crippen LogP contribution in [-0.4, -0.2) is 16.9 Å². The van der Waals surface area contributed by atoms with Gasteiger partial charge in [0.05, 0.1) is 12.2 Å². The number of nitrogens with zero attached hydrogens (tertiary/aromatic N) is 2. The van der Waals surface area contributed by atoms with Crippen LogP contribution in [0.5, 0.6) is 0 Å². The molecule has 0 radical (unpaired) electrons. The molecule has 0 atom stereocenters. The van der Waals surface area contributed by atoms with Gasteiger partial charge in [0, 0.05) is 17.4 Å². The molecule has 0 aliphatic carbocycles. The summed E-state index contributed by atoms with van der Waals surface area (Å²) in [7, 11) is 0. The zero-order chi connectivity index (χ0) is 19.1. The highest BCUT2D eigenvalue weighted by Gasteiger charge is 2.10. The van der Waals surface area contributed by atoms with Gasteiger partial charge in [-0.25, -0.2) is 4.99 Å². The molecule has 0 spiro atoms. The predicted molar refractivity (Wildman–Crippen MR) is 109 cm³/mol. The fourth-order valence-electron chi connectivity index (χ4n) is 2.49. The first-order valence-electron chi connectivity index (χ1n) is 8.77. The Kier molecular flexibility index (Phi) is 5.94. The third-order valence-corrected chi connectivity index (χ3v) is 4.07. The summed E-state index contributed by atoms with van der Waals surface area (Å²) in [6.07, 6.45) is 1.73. The number of aromatic nitrogens is 1. The average Bonchev–Trinajstić information content (AvgIpc) is 2.69. The van der Waals surface area contributed by atoms with E-state index in [0.29, 0.717) is 18.1 Å². The first kappa shape index (κ1) is 18.3. The fraction of sp³-hybridized carbons (Fsp3) is 0.136. The van der Waals surface area contributed by atoms with Gasteiger partial charge in [0.1, 0.15) is 0 Å². The molecule has 0 saturated heterocycles. The van der Waals surface area contributed by atoms with Gasteiger partial charge in [-0.3, -0.25) is 15.1 Å². The minimum Gasteiger partial charge on any atom is -0.326 e. The first-order valence-corrected chi connectivity index (χ1v) is 8.77. The number of hydrogen-bond donors (Lipinski definition) is 2. The zero-order valence-corrected chi connectivity index (χ0v) is 15.4. The summed E-state index contributed by atoms with van der Waals surface area (Å²) in [6, 6.07) is 21.0. The number of nitrogens with one attached hydrogen (secondary N) is 2. The minimum absolute atomic E-state index is 0.212. The van der Waals surface area contributed by atoms with Gasteiger partial charge in [-0.2, -0.15) is 0 Å². The lowest BCUT2D eigenvalue weighted by Crippen LogP contribution is -2.36. The van der Waals surface area contributed by atoms with Crippen molar-refractivity contribution in [1.29, 1.82) is 0 Å². The SMILES string of the molecule is Cc1ccc(C(=O)NC(=NCc2ccccn2)Nc2ccccc2C)cc1. The van der Waals surface area contributed by atoms with E-state index in [1.54, 1.807) is 18.3 Å². The molecule has 0 bridgehead atoms. The van der Waals surface area contributed by atoms with Crippen LogP contribution in [0.3, 0.4) is 0 Å². The van der Waals surface area contributed by atoms with E-state index in [2.05, 4.69) is 20.6 Å². The Balaban J connectivity index is 1.81. The van der Waals surface area contributed by atoms with Crippen molar-refractivity contribution in [3.05, 3.63) is 95.3 Å². The molecule has 1 amide bonds. The monoisotopic (exact) mass is 358 g/mol. The maximum absolute atomic E-state index is 12.6. The quantitative estimate of drug-likeness (QED) is 0.545. The van der Waals surface area contributed by atoms with E-state index in [4.69, 9.17) is 0 Å². The van der Waals surface area contributed by atoms with Crippen LogP contribution in [0.4, 0.5) is 5.69 Å². The maximum atomic E-state index is 12.6. The Labute approximate surface area is 159 Å². The van der Waals surface area contributed by atoms with Crippen molar-refractivity contribution in [3.63, 3.8) is 0 Å². The summed E-state index contributed by atoms with van der Waals surface area (Å²) in [5.41, 5.74) is 4.46. The summed E-state index contributed by atoms with van der Waals surface area (Å²) in [5, 5.41) is 6.09. The molecule has 0 fully saturated rings. The van der Waals surface area contributed by atoms with Crippen LogP contribution in [0.15, 0.2) is 77.9 Å². The molecule has 5 nitrogen and oxygen atoms in total. The lowest BCUT2D eigenvalue weighted by atomic mass is 10.1. The molecular weight excluding hydrogens is 336 g/mol. The highest BCUT2D eigenvalue weighted by molar-refractivity contribution is 6.10. The van der Waals surface area contributed by atoms with Crippen LogP contribution in [-0.2, 0) is 6.54 Å². The molecule has 0 saturated carbocycles. The van der Waals surface area contributed by atoms with Crippen molar-refractivity contribution in [1.82, 2.24) is 10.3 Å². The Bertz CT molecular complexity index is 934. The van der Waals surface area contributed by atoms with Crippen LogP contribution < -0.4 is 10.6 Å². The molecule has 136 valence electrons. The molecule has 5 heteroatoms. The number of para-hydroxylation sites is 1. The van der Waals surface area contributed by atoms with E-state index in [1.807, 2.05) is 68.4 Å². The minimum atomic E-state index is -0.212. The number of pyridine rings is 1. The number of guanidine groups is 1. The number of carbonyl (C=O) groups is 1. The van der Waals surface area contributed by atoms with E-state index >= 15 is 0 Å². The van der Waals surface area contributed by atoms with Crippen LogP contribution in [0.2, 0.25) is 0 Å². The van der Waals surface area contributed by atoms with Crippen LogP contribution in [0.25, 0.3) is 0 Å². The highest BCUT2D eigenvalue weighted by Crippen LogP contribution is 2.13. The van der Waals surface area contributed by atoms with Gasteiger partial charge in [-0.05, 0) is 49.7 Å². The molecule has 0 aliphatic rings. The van der Waals surface area contributed by atoms with E-state index < -0.39 is 0 Å². The molecule has 2 N–H and O–H groups in total. The van der Waals surface area contributed by atoms with E-state index in [1.165, 1.54) is 0 Å². The summed E-state index contributed by atoms with van der Waals surface area (Å²) in [6.45, 7) is 4.35. The highest BCUT2D eigenvalue weighted by atomic mass is 16.1. The Hall–Kier alpha value is -3.47. The number of amides is 1. The summed E-state index contributed by atoms with van der Waals surface area (Å²) in [5.74, 6) is 0.177. The lowest BCUT2D eigenvalue weighted by molar-refractivity contribution is 0.0977. The van der Waals surface area contributed by atoms with Crippen LogP contribution in [0.1, 0.15) is 27.2 Å². The van der Waals surface area contributed by atoms with Crippen molar-refractivity contribution in [3.8, 4) is 0 Å². The van der Waals surface area contributed by atoms with Gasteiger partial charge in [-0.15, -0.1) is 0 Å². The largest absolute Gasteiger partial charge is 0.326 e. The lowest BCUT2D eigenvalue weighted by Gasteiger charge is -2.13. The third kappa shape index (κ3) is 5.25. The first-order chi connectivity index (χ1) is 13.1. The molecule has 27 heavy (non-hydrogen) atoms. The third-order valence-electron chi connectivity index (χ3n) is 4.07. The van der Waals surface area contributed by atoms with Gasteiger partial charge >= 0.3 is 0 Å². The second kappa shape index (κ2) is 8.76. The standard InChI is InChI=1S/C22H22N4O/c1-16-10-12-18(13-11-16)21(27)26-22(24-15-19-8-5-6-14-23-19)25-20-9-4-3-7-17(20)2/h3-14H,15H2,1-2H3,(H2,24,25,26,27). The second-order valence-electron chi connectivity index (χ2n) is 6.25. The predicted octanol–water partition coefficient (Wildman–Crippen LogP) is 4.10. The molecule has 1 aromatic heterocycles. The van der Waals surface area contributed by atoms with Crippen LogP contribution in [0, 0.1) is 13.8 Å². The molecular formula is C22H22N4O. The Morgan fingerprint density at radius 3 is 2.41 bits per heavy atom. The second-order valence-corrected chi connectivity index (χ2v) is 6.25. The number of aliphatic imine (C=N–C) groups is 1. The van der Waals surface area contributed by atoms with Crippen molar-refractivity contribution in [2.45, 2.75) is 20.4 Å². The van der Waals surface area contributed by atoms with Gasteiger partial charge in [-0.1, -0.05) is 42.0 Å². The van der Waals surface area contributed by atoms with Gasteiger partial charge in [0.25, 0.3) is 5.91 Å². The number of carbonyl (C=O) groups excluding carboxylic acids is 1. The summed E-state index contributed by atoms with van der Waals surface area (Å²) in [4.78, 5) is 21.4. The van der Waals surface area contributed by atoms with Crippen molar-refractivity contribution in [2.24, 2.45) is 4.99 Å². The summed E-state index contributed by atoms with van der Waals surface area (Å²) >= 11 is 0. The Morgan fingerprint density at radius 1 is 0.963 bits per heavy atom. The van der Waals surface area contributed by atoms with Gasteiger partial charge in [0.2, 0.25) is 5.96 Å². The maximum Gasteiger partial charge on any atom is 0.257 e. The molecule has 3 rings (SSSR count). The smallest absolute Gasteiger partial charge is 0.257 e. The van der Waals surface area contributed by atoms with E-state index in [9.17, 15) is 4.79 Å². The Morgan fingerprint density at radius 2 is 1.70 bits per heavy atom. The fourth-order valence-corrected chi connectivity index (χ4v) is 2.49. The van der Waals surface area contributed by atoms with Gasteiger partial charge in [0.15, 0.2) is 0 Å². The molecule has 2 aromatic carbocycles. The number of aryl methyl sites for hydroxylation is 2. The zero-order valence-electron chi connectivity index (χ0n) is 15.4. The normalized spacial score (nSPS) is 11.1. The number of hydrogen-bond acceptors (Lipinski definition) is 3. The average molecular weight is 358 g/mol. The molecule has 3 aromatic rings. The topological polar surface area (TPSA) is 66.4 Å². The van der Waals surface area contributed by atoms with Crippen LogP contribution >= 0.6 is 0 Å². The van der Waals surface area contributed by atoms with Gasteiger partial charge < -0.3 is 5.32 Å². The van der Waals surface area contributed by atoms with Crippen molar-refractivity contribution in [2.75, 3.05) is 5.32 Å². The number of anilines is 1. The van der Waals surface area contributed by atoms with E-state index in [-0.39, 0.29) is 5.91 Å². The molecule has 0 unspecified atom stereocenters. The summed E-state index contributed by atoms with van der Waals surface area (Å²) < 4.78 is 0. The van der Waals surface area contributed by atoms with Crippen molar-refractivity contribution < 1.29 is 4.79 Å². The van der Waals surface area contributed by atoms with Crippen molar-refractivity contribution >= 4 is 17.6 Å². The molecule has 0 aliphatic heterocycles. The number of rotatable bonds is 4. The molecule has 1 heterocycles.